The quantitative estimate of drug-likeness (QED) is 0.640. The number of nitrogens with one attached hydrogen (secondary N) is 1. The van der Waals surface area contributed by atoms with Crippen LogP contribution in [-0.2, 0) is 0 Å². The first-order chi connectivity index (χ1) is 9.56. The molecule has 0 saturated carbocycles. The summed E-state index contributed by atoms with van der Waals surface area (Å²) in [5.74, 6) is 0. The van der Waals surface area contributed by atoms with Gasteiger partial charge in [0, 0.05) is 5.02 Å². The van der Waals surface area contributed by atoms with Crippen molar-refractivity contribution >= 4 is 34.9 Å². The summed E-state index contributed by atoms with van der Waals surface area (Å²) in [4.78, 5) is 3.26. The SMILES string of the molecule is Cc1ccc2[nH]c(=S)n(C(C)c3cccc(Cl)c3)c2c1. The molecule has 0 saturated heterocycles. The Morgan fingerprint density at radius 2 is 2.00 bits per heavy atom. The number of rotatable bonds is 2. The highest BCUT2D eigenvalue weighted by molar-refractivity contribution is 7.71. The monoisotopic (exact) mass is 302 g/mol. The minimum absolute atomic E-state index is 0.136. The Morgan fingerprint density at radius 3 is 2.75 bits per heavy atom. The number of benzene rings is 2. The van der Waals surface area contributed by atoms with Gasteiger partial charge in [-0.05, 0) is 61.5 Å². The van der Waals surface area contributed by atoms with Gasteiger partial charge >= 0.3 is 0 Å². The molecule has 1 aromatic heterocycles. The maximum Gasteiger partial charge on any atom is 0.178 e. The molecule has 3 aromatic rings. The molecular formula is C16H15ClN2S. The van der Waals surface area contributed by atoms with E-state index in [1.165, 1.54) is 5.56 Å². The molecule has 0 radical (unpaired) electrons. The summed E-state index contributed by atoms with van der Waals surface area (Å²) in [5.41, 5.74) is 4.56. The molecule has 0 aliphatic carbocycles. The van der Waals surface area contributed by atoms with Crippen LogP contribution in [0.25, 0.3) is 11.0 Å². The van der Waals surface area contributed by atoms with Crippen molar-refractivity contribution in [3.8, 4) is 0 Å². The second kappa shape index (κ2) is 5.08. The molecule has 2 aromatic carbocycles. The highest BCUT2D eigenvalue weighted by atomic mass is 35.5. The van der Waals surface area contributed by atoms with Crippen LogP contribution in [0.5, 0.6) is 0 Å². The second-order valence-corrected chi connectivity index (χ2v) is 5.87. The van der Waals surface area contributed by atoms with Crippen LogP contribution < -0.4 is 0 Å². The third-order valence-electron chi connectivity index (χ3n) is 3.59. The molecule has 1 atom stereocenters. The van der Waals surface area contributed by atoms with E-state index in [0.717, 1.165) is 26.4 Å². The summed E-state index contributed by atoms with van der Waals surface area (Å²) in [6.07, 6.45) is 0. The molecular weight excluding hydrogens is 288 g/mol. The van der Waals surface area contributed by atoms with Crippen LogP contribution in [-0.4, -0.2) is 9.55 Å². The van der Waals surface area contributed by atoms with Gasteiger partial charge in [0.1, 0.15) is 0 Å². The van der Waals surface area contributed by atoms with Gasteiger partial charge in [-0.25, -0.2) is 0 Å². The fourth-order valence-electron chi connectivity index (χ4n) is 2.53. The molecule has 0 bridgehead atoms. The fraction of sp³-hybridized carbons (Fsp3) is 0.188. The van der Waals surface area contributed by atoms with Gasteiger partial charge in [-0.15, -0.1) is 0 Å². The van der Waals surface area contributed by atoms with E-state index in [9.17, 15) is 0 Å². The zero-order chi connectivity index (χ0) is 14.3. The molecule has 2 nitrogen and oxygen atoms in total. The Bertz CT molecular complexity index is 832. The van der Waals surface area contributed by atoms with Crippen molar-refractivity contribution in [2.75, 3.05) is 0 Å². The normalized spacial score (nSPS) is 12.8. The molecule has 0 spiro atoms. The number of imidazole rings is 1. The molecule has 3 rings (SSSR count). The first-order valence-electron chi connectivity index (χ1n) is 6.52. The Hall–Kier alpha value is -1.58. The van der Waals surface area contributed by atoms with E-state index in [2.05, 4.69) is 47.7 Å². The van der Waals surface area contributed by atoms with Gasteiger partial charge in [0.15, 0.2) is 4.77 Å². The van der Waals surface area contributed by atoms with Crippen molar-refractivity contribution in [3.05, 3.63) is 63.4 Å². The van der Waals surface area contributed by atoms with Gasteiger partial charge in [0.2, 0.25) is 0 Å². The van der Waals surface area contributed by atoms with E-state index in [1.807, 2.05) is 18.2 Å². The second-order valence-electron chi connectivity index (χ2n) is 5.05. The summed E-state index contributed by atoms with van der Waals surface area (Å²) in [5, 5.41) is 0.747. The Kier molecular flexibility index (Phi) is 3.40. The highest BCUT2D eigenvalue weighted by Crippen LogP contribution is 2.26. The van der Waals surface area contributed by atoms with Crippen molar-refractivity contribution in [1.82, 2.24) is 9.55 Å². The molecule has 0 aliphatic heterocycles. The van der Waals surface area contributed by atoms with Crippen LogP contribution in [0.4, 0.5) is 0 Å². The molecule has 4 heteroatoms. The molecule has 20 heavy (non-hydrogen) atoms. The Labute approximate surface area is 128 Å². The lowest BCUT2D eigenvalue weighted by atomic mass is 10.1. The maximum atomic E-state index is 6.09. The summed E-state index contributed by atoms with van der Waals surface area (Å²) in [6.45, 7) is 4.22. The van der Waals surface area contributed by atoms with Crippen molar-refractivity contribution in [1.29, 1.82) is 0 Å². The van der Waals surface area contributed by atoms with Crippen LogP contribution >= 0.6 is 23.8 Å². The number of aromatic amines is 1. The largest absolute Gasteiger partial charge is 0.331 e. The van der Waals surface area contributed by atoms with Gasteiger partial charge in [-0.2, -0.15) is 0 Å². The lowest BCUT2D eigenvalue weighted by molar-refractivity contribution is 0.649. The molecule has 1 N–H and O–H groups in total. The van der Waals surface area contributed by atoms with E-state index < -0.39 is 0 Å². The topological polar surface area (TPSA) is 20.7 Å². The highest BCUT2D eigenvalue weighted by Gasteiger charge is 2.13. The molecule has 0 amide bonds. The summed E-state index contributed by atoms with van der Waals surface area (Å²) in [7, 11) is 0. The van der Waals surface area contributed by atoms with E-state index in [-0.39, 0.29) is 6.04 Å². The number of hydrogen-bond acceptors (Lipinski definition) is 1. The Morgan fingerprint density at radius 1 is 1.20 bits per heavy atom. The molecule has 1 heterocycles. The average molecular weight is 303 g/mol. The lowest BCUT2D eigenvalue weighted by Gasteiger charge is -2.15. The molecule has 0 fully saturated rings. The predicted octanol–water partition coefficient (Wildman–Crippen LogP) is 5.27. The van der Waals surface area contributed by atoms with Crippen LogP contribution in [0.15, 0.2) is 42.5 Å². The van der Waals surface area contributed by atoms with Crippen LogP contribution in [0.2, 0.25) is 5.02 Å². The summed E-state index contributed by atoms with van der Waals surface area (Å²) < 4.78 is 2.88. The van der Waals surface area contributed by atoms with Gasteiger partial charge in [-0.3, -0.25) is 0 Å². The van der Waals surface area contributed by atoms with E-state index in [4.69, 9.17) is 23.8 Å². The molecule has 1 unspecified atom stereocenters. The number of fused-ring (bicyclic) bond motifs is 1. The van der Waals surface area contributed by atoms with Crippen molar-refractivity contribution in [2.45, 2.75) is 19.9 Å². The predicted molar refractivity (Wildman–Crippen MR) is 87.1 cm³/mol. The van der Waals surface area contributed by atoms with Crippen LogP contribution in [0, 0.1) is 11.7 Å². The third kappa shape index (κ3) is 2.28. The van der Waals surface area contributed by atoms with Crippen LogP contribution in [0.1, 0.15) is 24.1 Å². The maximum absolute atomic E-state index is 6.09. The minimum atomic E-state index is 0.136. The summed E-state index contributed by atoms with van der Waals surface area (Å²) in [6, 6.07) is 14.4. The zero-order valence-corrected chi connectivity index (χ0v) is 12.9. The van der Waals surface area contributed by atoms with Crippen molar-refractivity contribution in [2.24, 2.45) is 0 Å². The summed E-state index contributed by atoms with van der Waals surface area (Å²) >= 11 is 11.6. The minimum Gasteiger partial charge on any atom is -0.331 e. The van der Waals surface area contributed by atoms with Gasteiger partial charge < -0.3 is 9.55 Å². The average Bonchev–Trinajstić information content (AvgIpc) is 2.73. The number of aryl methyl sites for hydroxylation is 1. The smallest absolute Gasteiger partial charge is 0.178 e. The first-order valence-corrected chi connectivity index (χ1v) is 7.31. The van der Waals surface area contributed by atoms with Gasteiger partial charge in [-0.1, -0.05) is 29.8 Å². The number of H-pyrrole nitrogens is 1. The zero-order valence-electron chi connectivity index (χ0n) is 11.4. The number of halogens is 1. The number of nitrogens with zero attached hydrogens (tertiary/aromatic N) is 1. The van der Waals surface area contributed by atoms with E-state index in [0.29, 0.717) is 0 Å². The molecule has 0 aliphatic rings. The molecule has 102 valence electrons. The van der Waals surface area contributed by atoms with Gasteiger partial charge in [0.05, 0.1) is 17.1 Å². The standard InChI is InChI=1S/C16H15ClN2S/c1-10-6-7-14-15(8-10)19(16(20)18-14)11(2)12-4-3-5-13(17)9-12/h3-9,11H,1-2H3,(H,18,20). The third-order valence-corrected chi connectivity index (χ3v) is 4.13. The number of hydrogen-bond donors (Lipinski definition) is 1. The van der Waals surface area contributed by atoms with E-state index >= 15 is 0 Å². The lowest BCUT2D eigenvalue weighted by Crippen LogP contribution is -2.06. The number of aromatic nitrogens is 2. The van der Waals surface area contributed by atoms with Crippen molar-refractivity contribution in [3.63, 3.8) is 0 Å². The first kappa shape index (κ1) is 13.4. The Balaban J connectivity index is 2.21. The van der Waals surface area contributed by atoms with Crippen LogP contribution in [0.3, 0.4) is 0 Å². The van der Waals surface area contributed by atoms with Gasteiger partial charge in [0.25, 0.3) is 0 Å². The van der Waals surface area contributed by atoms with E-state index in [1.54, 1.807) is 0 Å². The fourth-order valence-corrected chi connectivity index (χ4v) is 3.10. The van der Waals surface area contributed by atoms with Crippen molar-refractivity contribution < 1.29 is 0 Å².